The number of aryl methyl sites for hydroxylation is 1. The van der Waals surface area contributed by atoms with Crippen molar-refractivity contribution in [3.8, 4) is 0 Å². The molecule has 0 aliphatic rings. The fourth-order valence-electron chi connectivity index (χ4n) is 3.07. The van der Waals surface area contributed by atoms with Crippen molar-refractivity contribution in [1.82, 2.24) is 10.3 Å². The SMILES string of the molecule is Cc1ccc(Nc2c(F)cccc2Cl)c(CC(=O)O)c1.O=C(NCCCCO[N+](=O)[O-])c1cccnc1. The fourth-order valence-corrected chi connectivity index (χ4v) is 3.28. The molecule has 3 N–H and O–H groups in total. The molecule has 2 aromatic carbocycles. The number of para-hydroxylation sites is 1. The molecule has 0 saturated heterocycles. The van der Waals surface area contributed by atoms with Gasteiger partial charge in [0.1, 0.15) is 5.82 Å². The number of nitrogens with zero attached hydrogens (tertiary/aromatic N) is 2. The number of anilines is 2. The number of halogens is 2. The Kier molecular flexibility index (Phi) is 11.7. The highest BCUT2D eigenvalue weighted by Gasteiger charge is 2.12. The molecule has 10 nitrogen and oxygen atoms in total. The Balaban J connectivity index is 0.000000264. The van der Waals surface area contributed by atoms with E-state index in [-0.39, 0.29) is 29.6 Å². The maximum absolute atomic E-state index is 13.7. The fraction of sp³-hybridized carbons (Fsp3) is 0.240. The van der Waals surface area contributed by atoms with Gasteiger partial charge in [0, 0.05) is 24.6 Å². The Hall–Kier alpha value is -4.25. The average Bonchev–Trinajstić information content (AvgIpc) is 2.85. The number of hydrogen-bond acceptors (Lipinski definition) is 7. The van der Waals surface area contributed by atoms with Crippen LogP contribution in [-0.2, 0) is 16.1 Å². The Bertz CT molecular complexity index is 1190. The highest BCUT2D eigenvalue weighted by Crippen LogP contribution is 2.30. The second-order valence-electron chi connectivity index (χ2n) is 7.71. The molecule has 37 heavy (non-hydrogen) atoms. The molecule has 3 aromatic rings. The smallest absolute Gasteiger partial charge is 0.307 e. The van der Waals surface area contributed by atoms with Crippen molar-refractivity contribution >= 4 is 34.9 Å². The minimum Gasteiger partial charge on any atom is -0.481 e. The van der Waals surface area contributed by atoms with E-state index >= 15 is 0 Å². The summed E-state index contributed by atoms with van der Waals surface area (Å²) in [6.45, 7) is 2.37. The monoisotopic (exact) mass is 532 g/mol. The molecule has 0 fully saturated rings. The van der Waals surface area contributed by atoms with Crippen LogP contribution in [0.15, 0.2) is 60.9 Å². The lowest BCUT2D eigenvalue weighted by atomic mass is 10.1. The Labute approximate surface area is 217 Å². The molecule has 12 heteroatoms. The number of pyridine rings is 1. The van der Waals surface area contributed by atoms with Gasteiger partial charge in [0.25, 0.3) is 11.0 Å². The molecule has 0 atom stereocenters. The van der Waals surface area contributed by atoms with E-state index in [0.29, 0.717) is 36.2 Å². The van der Waals surface area contributed by atoms with E-state index in [4.69, 9.17) is 16.7 Å². The molecular formula is C25H26ClFN4O6. The molecule has 0 radical (unpaired) electrons. The molecule has 1 amide bonds. The number of carboxylic acids is 1. The van der Waals surface area contributed by atoms with Crippen molar-refractivity contribution in [3.05, 3.63) is 98.6 Å². The summed E-state index contributed by atoms with van der Waals surface area (Å²) >= 11 is 5.95. The van der Waals surface area contributed by atoms with E-state index in [1.54, 1.807) is 36.5 Å². The van der Waals surface area contributed by atoms with E-state index in [0.717, 1.165) is 5.56 Å². The number of amides is 1. The number of carbonyl (C=O) groups excluding carboxylic acids is 1. The average molecular weight is 533 g/mol. The van der Waals surface area contributed by atoms with Gasteiger partial charge in [-0.25, -0.2) is 4.39 Å². The number of rotatable bonds is 11. The minimum absolute atomic E-state index is 0.0514. The van der Waals surface area contributed by atoms with Crippen LogP contribution in [0.5, 0.6) is 0 Å². The van der Waals surface area contributed by atoms with Gasteiger partial charge < -0.3 is 20.6 Å². The summed E-state index contributed by atoms with van der Waals surface area (Å²) in [7, 11) is 0. The van der Waals surface area contributed by atoms with Gasteiger partial charge >= 0.3 is 5.97 Å². The van der Waals surface area contributed by atoms with Crippen LogP contribution in [0, 0.1) is 22.9 Å². The maximum atomic E-state index is 13.7. The topological polar surface area (TPSA) is 144 Å². The zero-order chi connectivity index (χ0) is 27.2. The summed E-state index contributed by atoms with van der Waals surface area (Å²) in [5.74, 6) is -1.63. The standard InChI is InChI=1S/C15H13ClFNO2.C10H13N3O4/c1-9-5-6-13(10(7-9)8-14(19)20)18-15-11(16)3-2-4-12(15)17;14-10(9-4-3-5-11-8-9)12-6-1-2-7-17-13(15)16/h2-7,18H,8H2,1H3,(H,19,20);3-5,8H,1-2,6-7H2,(H,12,14). The van der Waals surface area contributed by atoms with E-state index in [2.05, 4.69) is 20.5 Å². The first-order chi connectivity index (χ1) is 17.7. The van der Waals surface area contributed by atoms with Crippen LogP contribution >= 0.6 is 11.6 Å². The number of aliphatic carboxylic acids is 1. The van der Waals surface area contributed by atoms with Crippen molar-refractivity contribution in [2.24, 2.45) is 0 Å². The normalized spacial score (nSPS) is 10.0. The quantitative estimate of drug-likeness (QED) is 0.178. The van der Waals surface area contributed by atoms with E-state index in [1.165, 1.54) is 18.3 Å². The van der Waals surface area contributed by atoms with Crippen molar-refractivity contribution in [2.45, 2.75) is 26.2 Å². The number of aromatic nitrogens is 1. The minimum atomic E-state index is -0.946. The van der Waals surface area contributed by atoms with Gasteiger partial charge in [-0.2, -0.15) is 0 Å². The second kappa shape index (κ2) is 15.0. The number of carboxylic acid groups (broad SMARTS) is 1. The number of nitrogens with one attached hydrogen (secondary N) is 2. The Morgan fingerprint density at radius 3 is 2.62 bits per heavy atom. The predicted molar refractivity (Wildman–Crippen MR) is 136 cm³/mol. The van der Waals surface area contributed by atoms with Gasteiger partial charge in [0.15, 0.2) is 0 Å². The number of carbonyl (C=O) groups is 2. The molecule has 0 aliphatic carbocycles. The lowest BCUT2D eigenvalue weighted by Gasteiger charge is -2.13. The maximum Gasteiger partial charge on any atom is 0.307 e. The summed E-state index contributed by atoms with van der Waals surface area (Å²) < 4.78 is 13.7. The predicted octanol–water partition coefficient (Wildman–Crippen LogP) is 4.96. The first kappa shape index (κ1) is 29.0. The molecule has 0 saturated carbocycles. The van der Waals surface area contributed by atoms with E-state index in [9.17, 15) is 24.1 Å². The zero-order valence-electron chi connectivity index (χ0n) is 19.9. The third-order valence-electron chi connectivity index (χ3n) is 4.80. The Morgan fingerprint density at radius 1 is 1.19 bits per heavy atom. The van der Waals surface area contributed by atoms with Crippen molar-refractivity contribution in [2.75, 3.05) is 18.5 Å². The molecule has 1 heterocycles. The summed E-state index contributed by atoms with van der Waals surface area (Å²) in [6.07, 6.45) is 4.07. The van der Waals surface area contributed by atoms with E-state index < -0.39 is 16.9 Å². The molecule has 196 valence electrons. The van der Waals surface area contributed by atoms with Crippen LogP contribution in [0.1, 0.15) is 34.3 Å². The van der Waals surface area contributed by atoms with Crippen LogP contribution in [0.3, 0.4) is 0 Å². The number of benzene rings is 2. The van der Waals surface area contributed by atoms with E-state index in [1.807, 2.05) is 13.0 Å². The van der Waals surface area contributed by atoms with Gasteiger partial charge in [-0.3, -0.25) is 14.6 Å². The third-order valence-corrected chi connectivity index (χ3v) is 5.12. The van der Waals surface area contributed by atoms with Crippen LogP contribution < -0.4 is 10.6 Å². The van der Waals surface area contributed by atoms with Gasteiger partial charge in [-0.1, -0.05) is 35.4 Å². The van der Waals surface area contributed by atoms with Gasteiger partial charge in [-0.15, -0.1) is 10.1 Å². The van der Waals surface area contributed by atoms with Gasteiger partial charge in [0.05, 0.1) is 29.3 Å². The van der Waals surface area contributed by atoms with Crippen LogP contribution in [0.25, 0.3) is 0 Å². The molecule has 1 aromatic heterocycles. The van der Waals surface area contributed by atoms with Gasteiger partial charge in [0.2, 0.25) is 0 Å². The summed E-state index contributed by atoms with van der Waals surface area (Å²) in [5.41, 5.74) is 2.69. The molecule has 0 aliphatic heterocycles. The number of unbranched alkanes of at least 4 members (excludes halogenated alkanes) is 1. The lowest BCUT2D eigenvalue weighted by molar-refractivity contribution is -0.757. The van der Waals surface area contributed by atoms with Crippen molar-refractivity contribution in [3.63, 3.8) is 0 Å². The zero-order valence-corrected chi connectivity index (χ0v) is 20.7. The van der Waals surface area contributed by atoms with Crippen LogP contribution in [-0.4, -0.2) is 40.2 Å². The first-order valence-electron chi connectivity index (χ1n) is 11.1. The second-order valence-corrected chi connectivity index (χ2v) is 8.12. The Morgan fingerprint density at radius 2 is 1.97 bits per heavy atom. The first-order valence-corrected chi connectivity index (χ1v) is 11.5. The third kappa shape index (κ3) is 10.5. The highest BCUT2D eigenvalue weighted by atomic mass is 35.5. The molecule has 0 spiro atoms. The summed E-state index contributed by atoms with van der Waals surface area (Å²) in [4.78, 5) is 40.2. The van der Waals surface area contributed by atoms with Crippen molar-refractivity contribution < 1.29 is 29.0 Å². The van der Waals surface area contributed by atoms with Crippen molar-refractivity contribution in [1.29, 1.82) is 0 Å². The highest BCUT2D eigenvalue weighted by molar-refractivity contribution is 6.33. The number of hydrogen-bond donors (Lipinski definition) is 3. The largest absolute Gasteiger partial charge is 0.481 e. The lowest BCUT2D eigenvalue weighted by Crippen LogP contribution is -2.24. The molecule has 0 unspecified atom stereocenters. The summed E-state index contributed by atoms with van der Waals surface area (Å²) in [5, 5.41) is 23.7. The molecule has 0 bridgehead atoms. The summed E-state index contributed by atoms with van der Waals surface area (Å²) in [6, 6.07) is 13.0. The van der Waals surface area contributed by atoms with Crippen LogP contribution in [0.2, 0.25) is 5.02 Å². The van der Waals surface area contributed by atoms with Crippen LogP contribution in [0.4, 0.5) is 15.8 Å². The van der Waals surface area contributed by atoms with Gasteiger partial charge in [-0.05, 0) is 55.7 Å². The molecular weight excluding hydrogens is 507 g/mol. The molecule has 3 rings (SSSR count).